The van der Waals surface area contributed by atoms with E-state index in [2.05, 4.69) is 0 Å². The Hall–Kier alpha value is -2.93. The highest BCUT2D eigenvalue weighted by Crippen LogP contribution is 2.48. The van der Waals surface area contributed by atoms with Gasteiger partial charge in [0.25, 0.3) is 0 Å². The topological polar surface area (TPSA) is 110 Å². The molecule has 0 radical (unpaired) electrons. The molecule has 9 heteroatoms. The van der Waals surface area contributed by atoms with Gasteiger partial charge in [-0.25, -0.2) is 14.4 Å². The van der Waals surface area contributed by atoms with E-state index in [0.29, 0.717) is 17.1 Å². The summed E-state index contributed by atoms with van der Waals surface area (Å²) >= 11 is 0. The number of carboxylic acid groups (broad SMARTS) is 1. The van der Waals surface area contributed by atoms with Gasteiger partial charge in [-0.05, 0) is 36.6 Å². The lowest BCUT2D eigenvalue weighted by Gasteiger charge is -2.22. The number of halogens is 1. The molecule has 0 spiro atoms. The summed E-state index contributed by atoms with van der Waals surface area (Å²) < 4.78 is 32.3. The number of hydrogen-bond donors (Lipinski definition) is 2. The maximum absolute atomic E-state index is 13.7. The van der Waals surface area contributed by atoms with Gasteiger partial charge in [-0.2, -0.15) is 0 Å². The second-order valence-electron chi connectivity index (χ2n) is 8.69. The summed E-state index contributed by atoms with van der Waals surface area (Å²) in [5, 5.41) is 19.0. The highest BCUT2D eigenvalue weighted by molar-refractivity contribution is 7.59. The van der Waals surface area contributed by atoms with Crippen LogP contribution in [0.2, 0.25) is 0 Å². The van der Waals surface area contributed by atoms with E-state index in [-0.39, 0.29) is 30.5 Å². The fourth-order valence-corrected chi connectivity index (χ4v) is 5.76. The SMILES string of the molecule is COP(=O)(CCc1c(-c2ccc(F)cc2)nc(-c2ccccc2)nc1C(C)C)C[C@@H](O)CC(=O)O. The number of rotatable bonds is 11. The number of aliphatic hydroxyl groups is 1. The standard InChI is InChI=1S/C26H30FN2O5P/c1-17(2)24-22(13-14-35(33,34-3)16-21(30)15-23(31)32)25(18-9-11-20(27)12-10-18)29-26(28-24)19-7-5-4-6-8-19/h4-12,17,21,30H,13-16H2,1-3H3,(H,31,32)/t21-,35?/m0/s1. The van der Waals surface area contributed by atoms with Gasteiger partial charge in [-0.3, -0.25) is 9.36 Å². The molecule has 2 atom stereocenters. The summed E-state index contributed by atoms with van der Waals surface area (Å²) in [6.07, 6.45) is -1.71. The quantitative estimate of drug-likeness (QED) is 0.340. The normalized spacial score (nSPS) is 14.0. The van der Waals surface area contributed by atoms with E-state index in [1.807, 2.05) is 44.2 Å². The van der Waals surface area contributed by atoms with E-state index in [4.69, 9.17) is 19.6 Å². The molecule has 3 rings (SSSR count). The van der Waals surface area contributed by atoms with E-state index in [1.54, 1.807) is 12.1 Å². The molecule has 0 aliphatic carbocycles. The molecule has 7 nitrogen and oxygen atoms in total. The molecule has 0 aliphatic rings. The Bertz CT molecular complexity index is 1200. The van der Waals surface area contributed by atoms with Crippen molar-refractivity contribution in [2.45, 2.75) is 38.7 Å². The molecular weight excluding hydrogens is 470 g/mol. The summed E-state index contributed by atoms with van der Waals surface area (Å²) in [7, 11) is -2.05. The lowest BCUT2D eigenvalue weighted by molar-refractivity contribution is -0.138. The third-order valence-electron chi connectivity index (χ3n) is 5.67. The molecule has 0 saturated heterocycles. The van der Waals surface area contributed by atoms with Crippen LogP contribution in [0.4, 0.5) is 4.39 Å². The lowest BCUT2D eigenvalue weighted by atomic mass is 9.96. The van der Waals surface area contributed by atoms with Crippen molar-refractivity contribution in [2.75, 3.05) is 19.4 Å². The van der Waals surface area contributed by atoms with Crippen molar-refractivity contribution < 1.29 is 28.5 Å². The third-order valence-corrected chi connectivity index (χ3v) is 8.22. The van der Waals surface area contributed by atoms with Crippen LogP contribution in [0, 0.1) is 5.82 Å². The van der Waals surface area contributed by atoms with Crippen molar-refractivity contribution in [1.82, 2.24) is 9.97 Å². The number of aromatic nitrogens is 2. The second-order valence-corrected chi connectivity index (χ2v) is 11.5. The highest BCUT2D eigenvalue weighted by Gasteiger charge is 2.29. The molecule has 186 valence electrons. The number of benzene rings is 2. The zero-order valence-corrected chi connectivity index (χ0v) is 20.9. The smallest absolute Gasteiger partial charge is 0.305 e. The number of carbonyl (C=O) groups is 1. The van der Waals surface area contributed by atoms with Gasteiger partial charge >= 0.3 is 5.97 Å². The molecule has 1 aromatic heterocycles. The molecule has 2 N–H and O–H groups in total. The summed E-state index contributed by atoms with van der Waals surface area (Å²) in [6, 6.07) is 15.5. The summed E-state index contributed by atoms with van der Waals surface area (Å²) in [5.74, 6) is -1.00. The van der Waals surface area contributed by atoms with Crippen molar-refractivity contribution in [3.63, 3.8) is 0 Å². The van der Waals surface area contributed by atoms with E-state index in [1.165, 1.54) is 19.2 Å². The zero-order chi connectivity index (χ0) is 25.6. The minimum absolute atomic E-state index is 0.00851. The van der Waals surface area contributed by atoms with E-state index in [0.717, 1.165) is 16.8 Å². The summed E-state index contributed by atoms with van der Waals surface area (Å²) in [6.45, 7) is 4.00. The van der Waals surface area contributed by atoms with Crippen LogP contribution >= 0.6 is 7.37 Å². The van der Waals surface area contributed by atoms with Crippen molar-refractivity contribution in [3.05, 3.63) is 71.7 Å². The van der Waals surface area contributed by atoms with E-state index < -0.39 is 25.9 Å². The predicted molar refractivity (Wildman–Crippen MR) is 133 cm³/mol. The average Bonchev–Trinajstić information content (AvgIpc) is 2.82. The Morgan fingerprint density at radius 2 is 1.71 bits per heavy atom. The lowest BCUT2D eigenvalue weighted by Crippen LogP contribution is -2.19. The molecule has 0 bridgehead atoms. The molecule has 1 heterocycles. The maximum Gasteiger partial charge on any atom is 0.305 e. The van der Waals surface area contributed by atoms with Crippen molar-refractivity contribution in [3.8, 4) is 22.6 Å². The Morgan fingerprint density at radius 1 is 1.06 bits per heavy atom. The Balaban J connectivity index is 2.07. The first-order valence-corrected chi connectivity index (χ1v) is 13.4. The largest absolute Gasteiger partial charge is 0.481 e. The number of aliphatic hydroxyl groups excluding tert-OH is 1. The fourth-order valence-electron chi connectivity index (χ4n) is 3.91. The molecule has 1 unspecified atom stereocenters. The molecule has 3 aromatic rings. The van der Waals surface area contributed by atoms with Crippen molar-refractivity contribution in [1.29, 1.82) is 0 Å². The number of aliphatic carboxylic acids is 1. The van der Waals surface area contributed by atoms with E-state index >= 15 is 0 Å². The van der Waals surface area contributed by atoms with Crippen LogP contribution in [0.1, 0.15) is 37.4 Å². The van der Waals surface area contributed by atoms with Crippen LogP contribution in [0.15, 0.2) is 54.6 Å². The predicted octanol–water partition coefficient (Wildman–Crippen LogP) is 5.38. The fraction of sp³-hybridized carbons (Fsp3) is 0.346. The van der Waals surface area contributed by atoms with Gasteiger partial charge < -0.3 is 14.7 Å². The van der Waals surface area contributed by atoms with Gasteiger partial charge in [-0.15, -0.1) is 0 Å². The van der Waals surface area contributed by atoms with Crippen LogP contribution in [0.5, 0.6) is 0 Å². The first-order chi connectivity index (χ1) is 16.6. The molecule has 0 amide bonds. The average molecular weight is 501 g/mol. The van der Waals surface area contributed by atoms with Crippen LogP contribution in [-0.2, 0) is 20.3 Å². The Kier molecular flexibility index (Phi) is 8.89. The Morgan fingerprint density at radius 3 is 2.29 bits per heavy atom. The minimum atomic E-state index is -3.35. The number of hydrogen-bond acceptors (Lipinski definition) is 6. The molecule has 35 heavy (non-hydrogen) atoms. The number of carboxylic acids is 1. The second kappa shape index (κ2) is 11.7. The zero-order valence-electron chi connectivity index (χ0n) is 20.0. The number of nitrogens with zero attached hydrogens (tertiary/aromatic N) is 2. The molecule has 2 aromatic carbocycles. The van der Waals surface area contributed by atoms with Gasteiger partial charge in [0.15, 0.2) is 5.82 Å². The van der Waals surface area contributed by atoms with Gasteiger partial charge in [0.1, 0.15) is 5.82 Å². The maximum atomic E-state index is 13.7. The van der Waals surface area contributed by atoms with Gasteiger partial charge in [0, 0.05) is 30.0 Å². The van der Waals surface area contributed by atoms with Crippen LogP contribution in [0.25, 0.3) is 22.6 Å². The molecule has 0 fully saturated rings. The summed E-state index contributed by atoms with van der Waals surface area (Å²) in [5.41, 5.74) is 3.67. The highest BCUT2D eigenvalue weighted by atomic mass is 31.2. The van der Waals surface area contributed by atoms with Crippen molar-refractivity contribution in [2.24, 2.45) is 0 Å². The van der Waals surface area contributed by atoms with Crippen LogP contribution < -0.4 is 0 Å². The Labute approximate surface area is 204 Å². The van der Waals surface area contributed by atoms with Crippen molar-refractivity contribution >= 4 is 13.3 Å². The van der Waals surface area contributed by atoms with E-state index in [9.17, 15) is 18.9 Å². The molecule has 0 aliphatic heterocycles. The van der Waals surface area contributed by atoms with Gasteiger partial charge in [0.05, 0.1) is 30.1 Å². The van der Waals surface area contributed by atoms with Gasteiger partial charge in [-0.1, -0.05) is 44.2 Å². The third kappa shape index (κ3) is 7.04. The first-order valence-electron chi connectivity index (χ1n) is 11.4. The van der Waals surface area contributed by atoms with Gasteiger partial charge in [0.2, 0.25) is 7.37 Å². The molecular formula is C26H30FN2O5P. The molecule has 0 saturated carbocycles. The van der Waals surface area contributed by atoms with Crippen LogP contribution in [0.3, 0.4) is 0 Å². The van der Waals surface area contributed by atoms with Crippen LogP contribution in [-0.4, -0.2) is 51.7 Å². The first kappa shape index (κ1) is 26.7. The monoisotopic (exact) mass is 500 g/mol. The summed E-state index contributed by atoms with van der Waals surface area (Å²) in [4.78, 5) is 20.6. The minimum Gasteiger partial charge on any atom is -0.481 e.